The predicted molar refractivity (Wildman–Crippen MR) is 147 cm³/mol. The monoisotopic (exact) mass is 505 g/mol. The number of nitrogens with one attached hydrogen (secondary N) is 1. The van der Waals surface area contributed by atoms with Gasteiger partial charge in [0.05, 0.1) is 11.1 Å². The van der Waals surface area contributed by atoms with Crippen LogP contribution in [0.5, 0.6) is 0 Å². The summed E-state index contributed by atoms with van der Waals surface area (Å²) >= 11 is 8.03. The highest BCUT2D eigenvalue weighted by atomic mass is 35.5. The quantitative estimate of drug-likeness (QED) is 0.268. The zero-order valence-electron chi connectivity index (χ0n) is 21.2. The first-order valence-corrected chi connectivity index (χ1v) is 13.6. The highest BCUT2D eigenvalue weighted by molar-refractivity contribution is 7.18. The Morgan fingerprint density at radius 1 is 1.14 bits per heavy atom. The van der Waals surface area contributed by atoms with E-state index in [-0.39, 0.29) is 0 Å². The van der Waals surface area contributed by atoms with Crippen LogP contribution in [-0.4, -0.2) is 21.0 Å². The van der Waals surface area contributed by atoms with Gasteiger partial charge in [0.15, 0.2) is 0 Å². The van der Waals surface area contributed by atoms with E-state index in [1.165, 1.54) is 43.1 Å². The summed E-state index contributed by atoms with van der Waals surface area (Å²) in [5.41, 5.74) is 6.94. The van der Waals surface area contributed by atoms with E-state index in [2.05, 4.69) is 82.0 Å². The molecule has 0 fully saturated rings. The van der Waals surface area contributed by atoms with Crippen LogP contribution in [-0.2, 0) is 11.8 Å². The molecule has 0 bridgehead atoms. The van der Waals surface area contributed by atoms with Crippen LogP contribution in [0.2, 0.25) is 0 Å². The van der Waals surface area contributed by atoms with Crippen molar-refractivity contribution in [2.45, 2.75) is 53.4 Å². The number of hydrogen-bond donors (Lipinski definition) is 1. The van der Waals surface area contributed by atoms with Gasteiger partial charge in [0.1, 0.15) is 4.83 Å². The zero-order valence-corrected chi connectivity index (χ0v) is 22.8. The predicted octanol–water partition coefficient (Wildman–Crippen LogP) is 8.31. The van der Waals surface area contributed by atoms with Gasteiger partial charge < -0.3 is 9.51 Å². The minimum atomic E-state index is -0.413. The van der Waals surface area contributed by atoms with Gasteiger partial charge in [0.2, 0.25) is 11.7 Å². The van der Waals surface area contributed by atoms with Crippen LogP contribution in [0.25, 0.3) is 27.2 Å². The minimum Gasteiger partial charge on any atom is -0.346 e. The first-order chi connectivity index (χ1) is 16.7. The number of fused-ring (bicyclic) bond motifs is 1. The number of H-pyrrole nitrogens is 1. The average Bonchev–Trinajstić information content (AvgIpc) is 3.54. The topological polar surface area (TPSA) is 54.7 Å². The van der Waals surface area contributed by atoms with E-state index in [4.69, 9.17) is 21.1 Å². The Hall–Kier alpha value is -2.63. The van der Waals surface area contributed by atoms with Gasteiger partial charge in [0.25, 0.3) is 0 Å². The summed E-state index contributed by atoms with van der Waals surface area (Å²) in [4.78, 5) is 10.9. The molecule has 0 spiro atoms. The Bertz CT molecular complexity index is 1430. The lowest BCUT2D eigenvalue weighted by molar-refractivity contribution is 0.335. The van der Waals surface area contributed by atoms with Gasteiger partial charge in [-0.05, 0) is 63.2 Å². The van der Waals surface area contributed by atoms with Gasteiger partial charge in [-0.25, -0.2) is 0 Å². The lowest BCUT2D eigenvalue weighted by atomic mass is 9.81. The van der Waals surface area contributed by atoms with Crippen molar-refractivity contribution in [3.8, 4) is 11.4 Å². The van der Waals surface area contributed by atoms with E-state index >= 15 is 0 Å². The lowest BCUT2D eigenvalue weighted by Gasteiger charge is -2.24. The SMILES string of the molecule is CC1=CC(c2[nH]c3sc(C(C)(C)c4nc(-c5ccc(C)cc5)no4)cc3c2CCCl)=CC(C)C1C. The van der Waals surface area contributed by atoms with Crippen molar-refractivity contribution in [1.29, 1.82) is 0 Å². The van der Waals surface area contributed by atoms with Crippen molar-refractivity contribution >= 4 is 38.7 Å². The van der Waals surface area contributed by atoms with Crippen molar-refractivity contribution in [2.24, 2.45) is 11.8 Å². The van der Waals surface area contributed by atoms with Crippen LogP contribution in [0.15, 0.2) is 52.6 Å². The molecule has 6 heteroatoms. The molecule has 0 saturated carbocycles. The molecule has 182 valence electrons. The van der Waals surface area contributed by atoms with Gasteiger partial charge in [-0.3, -0.25) is 0 Å². The molecular weight excluding hydrogens is 474 g/mol. The molecule has 2 atom stereocenters. The van der Waals surface area contributed by atoms with Crippen LogP contribution < -0.4 is 0 Å². The zero-order chi connectivity index (χ0) is 24.9. The fourth-order valence-electron chi connectivity index (χ4n) is 4.77. The number of aryl methyl sites for hydroxylation is 2. The molecule has 0 radical (unpaired) electrons. The highest BCUT2D eigenvalue weighted by Crippen LogP contribution is 2.43. The molecule has 2 unspecified atom stereocenters. The normalized spacial score (nSPS) is 18.7. The van der Waals surface area contributed by atoms with E-state index in [0.717, 1.165) is 12.0 Å². The molecule has 0 aliphatic heterocycles. The lowest BCUT2D eigenvalue weighted by Crippen LogP contribution is -2.17. The molecule has 1 aromatic carbocycles. The van der Waals surface area contributed by atoms with E-state index in [9.17, 15) is 0 Å². The molecule has 1 aliphatic carbocycles. The van der Waals surface area contributed by atoms with Crippen molar-refractivity contribution < 1.29 is 4.52 Å². The molecule has 4 nitrogen and oxygen atoms in total. The number of benzene rings is 1. The van der Waals surface area contributed by atoms with Gasteiger partial charge in [-0.1, -0.05) is 66.6 Å². The highest BCUT2D eigenvalue weighted by Gasteiger charge is 2.33. The number of thiophene rings is 1. The molecule has 0 saturated heterocycles. The molecule has 35 heavy (non-hydrogen) atoms. The van der Waals surface area contributed by atoms with Crippen LogP contribution in [0.1, 0.15) is 62.2 Å². The maximum absolute atomic E-state index is 6.27. The number of alkyl halides is 1. The van der Waals surface area contributed by atoms with E-state index in [1.807, 2.05) is 12.1 Å². The largest absolute Gasteiger partial charge is 0.346 e. The third-order valence-corrected chi connectivity index (χ3v) is 9.01. The summed E-state index contributed by atoms with van der Waals surface area (Å²) in [5, 5.41) is 5.51. The summed E-state index contributed by atoms with van der Waals surface area (Å²) in [6.45, 7) is 13.2. The summed E-state index contributed by atoms with van der Waals surface area (Å²) in [5.74, 6) is 2.90. The first-order valence-electron chi connectivity index (χ1n) is 12.2. The van der Waals surface area contributed by atoms with E-state index in [0.29, 0.717) is 29.4 Å². The molecule has 3 aromatic heterocycles. The van der Waals surface area contributed by atoms with Crippen molar-refractivity contribution in [3.63, 3.8) is 0 Å². The Balaban J connectivity index is 1.52. The standard InChI is InChI=1S/C29H32ClN3OS/c1-16-7-9-20(10-8-16)26-32-28(34-33-26)29(5,6)24-15-23-22(11-12-30)25(31-27(23)35-24)21-13-17(2)19(4)18(3)14-21/h7-10,13-15,17,19,31H,11-12H2,1-6H3. The summed E-state index contributed by atoms with van der Waals surface area (Å²) in [6, 6.07) is 10.5. The maximum atomic E-state index is 6.27. The molecule has 0 amide bonds. The number of nitrogens with zero attached hydrogens (tertiary/aromatic N) is 2. The number of allylic oxidation sites excluding steroid dienone is 4. The fourth-order valence-corrected chi connectivity index (χ4v) is 6.14. The number of rotatable bonds is 6. The molecule has 1 aliphatic rings. The van der Waals surface area contributed by atoms with Gasteiger partial charge in [-0.2, -0.15) is 4.98 Å². The van der Waals surface area contributed by atoms with Crippen LogP contribution in [0.3, 0.4) is 0 Å². The summed E-state index contributed by atoms with van der Waals surface area (Å²) < 4.78 is 5.77. The van der Waals surface area contributed by atoms with Gasteiger partial charge >= 0.3 is 0 Å². The first kappa shape index (κ1) is 24.1. The molecule has 4 aromatic rings. The van der Waals surface area contributed by atoms with Gasteiger partial charge in [-0.15, -0.1) is 22.9 Å². The number of aromatic amines is 1. The smallest absolute Gasteiger partial charge is 0.237 e. The number of aromatic nitrogens is 3. The van der Waals surface area contributed by atoms with Crippen molar-refractivity contribution in [2.75, 3.05) is 5.88 Å². The van der Waals surface area contributed by atoms with Crippen LogP contribution in [0.4, 0.5) is 0 Å². The Labute approximate surface area is 216 Å². The third kappa shape index (κ3) is 4.30. The Morgan fingerprint density at radius 3 is 2.57 bits per heavy atom. The molecule has 3 heterocycles. The van der Waals surface area contributed by atoms with Crippen molar-refractivity contribution in [1.82, 2.24) is 15.1 Å². The average molecular weight is 506 g/mol. The minimum absolute atomic E-state index is 0.413. The summed E-state index contributed by atoms with van der Waals surface area (Å²) in [6.07, 6.45) is 5.54. The molecule has 1 N–H and O–H groups in total. The fraction of sp³-hybridized carbons (Fsp3) is 0.379. The van der Waals surface area contributed by atoms with Gasteiger partial charge in [0, 0.05) is 21.7 Å². The molecule has 5 rings (SSSR count). The van der Waals surface area contributed by atoms with Crippen LogP contribution >= 0.6 is 22.9 Å². The second-order valence-electron chi connectivity index (χ2n) is 10.3. The molecular formula is C29H32ClN3OS. The number of hydrogen-bond acceptors (Lipinski definition) is 4. The number of halogens is 1. The Kier molecular flexibility index (Phi) is 6.27. The van der Waals surface area contributed by atoms with E-state index < -0.39 is 5.41 Å². The maximum Gasteiger partial charge on any atom is 0.237 e. The van der Waals surface area contributed by atoms with E-state index in [1.54, 1.807) is 11.3 Å². The van der Waals surface area contributed by atoms with Crippen molar-refractivity contribution in [3.05, 3.63) is 75.6 Å². The Morgan fingerprint density at radius 2 is 1.89 bits per heavy atom. The third-order valence-electron chi connectivity index (χ3n) is 7.45. The summed E-state index contributed by atoms with van der Waals surface area (Å²) in [7, 11) is 0. The second-order valence-corrected chi connectivity index (χ2v) is 11.8. The second kappa shape index (κ2) is 9.11. The van der Waals surface area contributed by atoms with Crippen LogP contribution in [0, 0.1) is 18.8 Å².